The van der Waals surface area contributed by atoms with E-state index in [-0.39, 0.29) is 17.8 Å². The minimum atomic E-state index is -0.576. The maximum atomic E-state index is 12.4. The molecule has 8 nitrogen and oxygen atoms in total. The summed E-state index contributed by atoms with van der Waals surface area (Å²) in [5, 5.41) is 6.68. The molecule has 1 aromatic heterocycles. The summed E-state index contributed by atoms with van der Waals surface area (Å²) in [5.41, 5.74) is 12.6. The third-order valence-corrected chi connectivity index (χ3v) is 4.91. The van der Waals surface area contributed by atoms with Crippen LogP contribution in [0.5, 0.6) is 0 Å². The van der Waals surface area contributed by atoms with Crippen LogP contribution in [-0.4, -0.2) is 41.4 Å². The normalized spacial score (nSPS) is 19.9. The van der Waals surface area contributed by atoms with E-state index in [1.54, 1.807) is 0 Å². The molecule has 2 unspecified atom stereocenters. The molecule has 9 heteroatoms. The first-order chi connectivity index (χ1) is 12.4. The predicted molar refractivity (Wildman–Crippen MR) is 102 cm³/mol. The predicted octanol–water partition coefficient (Wildman–Crippen LogP) is -1.41. The molecule has 26 heavy (non-hydrogen) atoms. The lowest BCUT2D eigenvalue weighted by Gasteiger charge is -2.29. The average molecular weight is 422 g/mol. The first kappa shape index (κ1) is 18.2. The molecule has 3 rings (SSSR count). The molecule has 0 radical (unpaired) electrons. The highest BCUT2D eigenvalue weighted by molar-refractivity contribution is 9.10. The summed E-state index contributed by atoms with van der Waals surface area (Å²) in [4.78, 5) is 30.7. The Labute approximate surface area is 158 Å². The summed E-state index contributed by atoms with van der Waals surface area (Å²) in [6, 6.07) is 4.82. The zero-order valence-corrected chi connectivity index (χ0v) is 15.7. The maximum absolute atomic E-state index is 12.4. The fraction of sp³-hybridized carbons (Fsp3) is 0.353. The molecule has 2 amide bonds. The van der Waals surface area contributed by atoms with Crippen LogP contribution >= 0.6 is 15.9 Å². The number of nitrogens with one attached hydrogen (secondary N) is 4. The van der Waals surface area contributed by atoms with E-state index in [0.717, 1.165) is 20.9 Å². The zero-order valence-electron chi connectivity index (χ0n) is 14.1. The van der Waals surface area contributed by atoms with Crippen LogP contribution in [-0.2, 0) is 16.0 Å². The molecule has 2 atom stereocenters. The van der Waals surface area contributed by atoms with E-state index >= 15 is 0 Å². The summed E-state index contributed by atoms with van der Waals surface area (Å²) in [7, 11) is 0. The number of benzene rings is 1. The maximum Gasteiger partial charge on any atom is 0.338 e. The minimum Gasteiger partial charge on any atom is -0.361 e. The van der Waals surface area contributed by atoms with Gasteiger partial charge in [-0.1, -0.05) is 22.0 Å². The molecule has 2 aromatic rings. The van der Waals surface area contributed by atoms with Gasteiger partial charge in [-0.05, 0) is 30.5 Å². The van der Waals surface area contributed by atoms with E-state index < -0.39 is 12.1 Å². The van der Waals surface area contributed by atoms with Crippen molar-refractivity contribution in [1.29, 1.82) is 0 Å². The fourth-order valence-electron chi connectivity index (χ4n) is 3.11. The Morgan fingerprint density at radius 3 is 2.65 bits per heavy atom. The number of carbonyl (C=O) groups excluding carboxylic acids is 2. The minimum absolute atomic E-state index is 0.146. The van der Waals surface area contributed by atoms with Crippen molar-refractivity contribution < 1.29 is 14.6 Å². The van der Waals surface area contributed by atoms with E-state index in [0.29, 0.717) is 25.8 Å². The number of nitrogens with two attached hydrogens (primary N) is 2. The van der Waals surface area contributed by atoms with Crippen molar-refractivity contribution >= 4 is 44.6 Å². The lowest BCUT2D eigenvalue weighted by molar-refractivity contribution is -0.459. The van der Waals surface area contributed by atoms with Crippen LogP contribution in [0.15, 0.2) is 28.9 Å². The smallest absolute Gasteiger partial charge is 0.338 e. The van der Waals surface area contributed by atoms with Gasteiger partial charge in [0.05, 0.1) is 6.54 Å². The molecular formula is C17H22BrN6O2+. The Balaban J connectivity index is 1.61. The third kappa shape index (κ3) is 4.16. The number of carbonyl (C=O) groups is 2. The fourth-order valence-corrected chi connectivity index (χ4v) is 3.47. The number of hydrogen-bond acceptors (Lipinski definition) is 2. The van der Waals surface area contributed by atoms with E-state index in [2.05, 4.69) is 36.5 Å². The first-order valence-corrected chi connectivity index (χ1v) is 9.21. The number of aromatic amines is 1. The Morgan fingerprint density at radius 1 is 1.15 bits per heavy atom. The van der Waals surface area contributed by atoms with Gasteiger partial charge in [0.1, 0.15) is 12.1 Å². The number of halogens is 1. The Kier molecular flexibility index (Phi) is 5.46. The monoisotopic (exact) mass is 421 g/mol. The van der Waals surface area contributed by atoms with Gasteiger partial charge in [0.15, 0.2) is 0 Å². The highest BCUT2D eigenvalue weighted by Gasteiger charge is 2.33. The van der Waals surface area contributed by atoms with Crippen molar-refractivity contribution in [2.24, 2.45) is 11.5 Å². The van der Waals surface area contributed by atoms with Crippen LogP contribution in [0.3, 0.4) is 0 Å². The largest absolute Gasteiger partial charge is 0.361 e. The molecule has 1 aliphatic heterocycles. The zero-order chi connectivity index (χ0) is 18.7. The second-order valence-corrected chi connectivity index (χ2v) is 7.27. The van der Waals surface area contributed by atoms with E-state index in [4.69, 9.17) is 11.5 Å². The molecule has 2 heterocycles. The van der Waals surface area contributed by atoms with Gasteiger partial charge in [-0.2, -0.15) is 0 Å². The van der Waals surface area contributed by atoms with E-state index in [1.807, 2.05) is 24.4 Å². The number of H-pyrrole nitrogens is 1. The van der Waals surface area contributed by atoms with Crippen molar-refractivity contribution in [2.45, 2.75) is 31.3 Å². The molecular weight excluding hydrogens is 400 g/mol. The van der Waals surface area contributed by atoms with Crippen LogP contribution in [0, 0.1) is 0 Å². The van der Waals surface area contributed by atoms with Crippen LogP contribution < -0.4 is 27.1 Å². The lowest BCUT2D eigenvalue weighted by atomic mass is 10.00. The number of fused-ring (bicyclic) bond motifs is 1. The van der Waals surface area contributed by atoms with Crippen LogP contribution in [0.1, 0.15) is 18.4 Å². The third-order valence-electron chi connectivity index (χ3n) is 4.42. The summed E-state index contributed by atoms with van der Waals surface area (Å²) < 4.78 is 0.980. The van der Waals surface area contributed by atoms with E-state index in [9.17, 15) is 9.59 Å². The molecule has 1 fully saturated rings. The van der Waals surface area contributed by atoms with Gasteiger partial charge in [-0.15, -0.1) is 0 Å². The van der Waals surface area contributed by atoms with Gasteiger partial charge in [0, 0.05) is 28.0 Å². The SMILES string of the molecule is NC(N)=[NH+]CCCC1NC(=O)C(Cc2c[nH]c3cc(Br)ccc23)NC1=O. The van der Waals surface area contributed by atoms with Crippen LogP contribution in [0.25, 0.3) is 10.9 Å². The quantitative estimate of drug-likeness (QED) is 0.193. The summed E-state index contributed by atoms with van der Waals surface area (Å²) >= 11 is 3.44. The molecule has 0 aliphatic carbocycles. The van der Waals surface area contributed by atoms with Gasteiger partial charge >= 0.3 is 5.96 Å². The number of hydrogen-bond donors (Lipinski definition) is 6. The second kappa shape index (κ2) is 7.77. The van der Waals surface area contributed by atoms with Crippen LogP contribution in [0.4, 0.5) is 0 Å². The highest BCUT2D eigenvalue weighted by atomic mass is 79.9. The summed E-state index contributed by atoms with van der Waals surface area (Å²) in [5.74, 6) is -0.186. The lowest BCUT2D eigenvalue weighted by Crippen LogP contribution is -2.78. The molecule has 1 saturated heterocycles. The Hall–Kier alpha value is -2.55. The Morgan fingerprint density at radius 2 is 1.88 bits per heavy atom. The molecule has 0 saturated carbocycles. The average Bonchev–Trinajstić information content (AvgIpc) is 2.97. The highest BCUT2D eigenvalue weighted by Crippen LogP contribution is 2.23. The Bertz CT molecular complexity index is 858. The van der Waals surface area contributed by atoms with Gasteiger partial charge in [-0.3, -0.25) is 26.0 Å². The standard InChI is InChI=1S/C17H21BrN6O2/c18-10-3-4-11-9(8-22-13(11)7-10)6-14-16(26)23-12(15(25)24-14)2-1-5-21-17(19)20/h3-4,7-8,12,14,22H,1-2,5-6H2,(H,23,26)(H,24,25)(H4,19,20,21)/p+1. The summed E-state index contributed by atoms with van der Waals surface area (Å²) in [6.45, 7) is 0.552. The molecule has 0 spiro atoms. The van der Waals surface area contributed by atoms with Gasteiger partial charge in [-0.25, -0.2) is 0 Å². The second-order valence-electron chi connectivity index (χ2n) is 6.35. The molecule has 0 bridgehead atoms. The van der Waals surface area contributed by atoms with Crippen molar-refractivity contribution in [2.75, 3.05) is 6.54 Å². The van der Waals surface area contributed by atoms with Crippen molar-refractivity contribution in [3.63, 3.8) is 0 Å². The molecule has 1 aliphatic rings. The summed E-state index contributed by atoms with van der Waals surface area (Å²) in [6.07, 6.45) is 3.50. The van der Waals surface area contributed by atoms with Gasteiger partial charge in [0.2, 0.25) is 11.8 Å². The van der Waals surface area contributed by atoms with Gasteiger partial charge in [0.25, 0.3) is 0 Å². The molecule has 1 aromatic carbocycles. The first-order valence-electron chi connectivity index (χ1n) is 8.42. The number of piperazine rings is 1. The van der Waals surface area contributed by atoms with Gasteiger partial charge < -0.3 is 15.6 Å². The van der Waals surface area contributed by atoms with E-state index in [1.165, 1.54) is 0 Å². The molecule has 138 valence electrons. The number of aromatic nitrogens is 1. The van der Waals surface area contributed by atoms with Crippen molar-refractivity contribution in [3.8, 4) is 0 Å². The molecule has 8 N–H and O–H groups in total. The van der Waals surface area contributed by atoms with Crippen molar-refractivity contribution in [3.05, 3.63) is 34.4 Å². The topological polar surface area (TPSA) is 140 Å². The number of amides is 2. The van der Waals surface area contributed by atoms with Crippen molar-refractivity contribution in [1.82, 2.24) is 15.6 Å². The van der Waals surface area contributed by atoms with Crippen LogP contribution in [0.2, 0.25) is 0 Å². The number of rotatable bonds is 6. The number of guanidine groups is 1.